The highest BCUT2D eigenvalue weighted by Gasteiger charge is 2.20. The lowest BCUT2D eigenvalue weighted by molar-refractivity contribution is 0.508. The van der Waals surface area contributed by atoms with Crippen molar-refractivity contribution < 1.29 is 0 Å². The number of hydrogen-bond acceptors (Lipinski definition) is 2. The van der Waals surface area contributed by atoms with Gasteiger partial charge in [0.05, 0.1) is 5.69 Å². The number of nitrogens with zero attached hydrogens (tertiary/aromatic N) is 3. The maximum Gasteiger partial charge on any atom is 0.191 e. The fourth-order valence-corrected chi connectivity index (χ4v) is 2.76. The minimum absolute atomic E-state index is 0.0268. The predicted molar refractivity (Wildman–Crippen MR) is 100 cm³/mol. The molecule has 0 unspecified atom stereocenters. The molecule has 1 aromatic heterocycles. The number of aryl methyl sites for hydroxylation is 2. The summed E-state index contributed by atoms with van der Waals surface area (Å²) in [6.45, 7) is 10.1. The van der Waals surface area contributed by atoms with Crippen LogP contribution in [0.1, 0.15) is 36.4 Å². The highest BCUT2D eigenvalue weighted by molar-refractivity contribution is 5.79. The fourth-order valence-electron chi connectivity index (χ4n) is 2.76. The molecule has 0 aliphatic rings. The van der Waals surface area contributed by atoms with Crippen LogP contribution in [0.15, 0.2) is 35.3 Å². The third-order valence-electron chi connectivity index (χ3n) is 4.57. The molecule has 0 saturated carbocycles. The minimum atomic E-state index is 0.0268. The maximum atomic E-state index is 4.46. The second-order valence-corrected chi connectivity index (χ2v) is 6.80. The Kier molecular flexibility index (Phi) is 5.65. The summed E-state index contributed by atoms with van der Waals surface area (Å²) in [7, 11) is 3.77. The van der Waals surface area contributed by atoms with Crippen molar-refractivity contribution in [2.45, 2.75) is 39.7 Å². The van der Waals surface area contributed by atoms with Crippen molar-refractivity contribution in [2.24, 2.45) is 12.0 Å². The first-order valence-corrected chi connectivity index (χ1v) is 8.34. The van der Waals surface area contributed by atoms with Crippen LogP contribution in [0.2, 0.25) is 0 Å². The van der Waals surface area contributed by atoms with E-state index in [1.165, 1.54) is 16.8 Å². The Morgan fingerprint density at radius 3 is 2.38 bits per heavy atom. The first kappa shape index (κ1) is 18.0. The summed E-state index contributed by atoms with van der Waals surface area (Å²) in [5.41, 5.74) is 4.80. The van der Waals surface area contributed by atoms with E-state index in [0.717, 1.165) is 24.7 Å². The van der Waals surface area contributed by atoms with Crippen molar-refractivity contribution in [3.63, 3.8) is 0 Å². The normalized spacial score (nSPS) is 12.3. The summed E-state index contributed by atoms with van der Waals surface area (Å²) in [6, 6.07) is 10.5. The molecule has 0 amide bonds. The number of benzene rings is 1. The highest BCUT2D eigenvalue weighted by Crippen LogP contribution is 2.21. The van der Waals surface area contributed by atoms with Gasteiger partial charge in [0, 0.05) is 43.9 Å². The molecule has 130 valence electrons. The van der Waals surface area contributed by atoms with Gasteiger partial charge in [0.25, 0.3) is 0 Å². The fraction of sp³-hybridized carbons (Fsp3) is 0.474. The van der Waals surface area contributed by atoms with Gasteiger partial charge in [-0.25, -0.2) is 0 Å². The number of nitrogens with one attached hydrogen (secondary N) is 2. The summed E-state index contributed by atoms with van der Waals surface area (Å²) < 4.78 is 1.92. The molecule has 0 aliphatic carbocycles. The van der Waals surface area contributed by atoms with Crippen molar-refractivity contribution in [1.82, 2.24) is 20.4 Å². The largest absolute Gasteiger partial charge is 0.356 e. The van der Waals surface area contributed by atoms with E-state index >= 15 is 0 Å². The molecule has 1 aromatic carbocycles. The zero-order valence-electron chi connectivity index (χ0n) is 15.6. The Morgan fingerprint density at radius 2 is 1.83 bits per heavy atom. The van der Waals surface area contributed by atoms with E-state index in [1.54, 1.807) is 7.05 Å². The molecule has 5 nitrogen and oxygen atoms in total. The summed E-state index contributed by atoms with van der Waals surface area (Å²) in [6.07, 6.45) is 0. The van der Waals surface area contributed by atoms with Crippen molar-refractivity contribution in [1.29, 1.82) is 0 Å². The van der Waals surface area contributed by atoms with Gasteiger partial charge in [-0.15, -0.1) is 0 Å². The summed E-state index contributed by atoms with van der Waals surface area (Å²) in [5, 5.41) is 11.3. The topological polar surface area (TPSA) is 54.2 Å². The molecule has 1 heterocycles. The molecule has 24 heavy (non-hydrogen) atoms. The number of rotatable bonds is 5. The van der Waals surface area contributed by atoms with Gasteiger partial charge in [0.15, 0.2) is 5.96 Å². The second-order valence-electron chi connectivity index (χ2n) is 6.80. The molecule has 0 saturated heterocycles. The van der Waals surface area contributed by atoms with E-state index in [9.17, 15) is 0 Å². The van der Waals surface area contributed by atoms with Crippen LogP contribution in [0.25, 0.3) is 0 Å². The molecular weight excluding hydrogens is 298 g/mol. The van der Waals surface area contributed by atoms with E-state index in [2.05, 4.69) is 65.8 Å². The van der Waals surface area contributed by atoms with Gasteiger partial charge in [0.1, 0.15) is 0 Å². The van der Waals surface area contributed by atoms with Crippen molar-refractivity contribution in [2.75, 3.05) is 13.6 Å². The molecule has 0 bridgehead atoms. The van der Waals surface area contributed by atoms with Crippen LogP contribution in [0.4, 0.5) is 0 Å². The zero-order chi connectivity index (χ0) is 17.7. The third kappa shape index (κ3) is 4.16. The number of guanidine groups is 1. The Bertz CT molecular complexity index is 698. The zero-order valence-corrected chi connectivity index (χ0v) is 15.6. The first-order chi connectivity index (χ1) is 11.3. The van der Waals surface area contributed by atoms with Gasteiger partial charge >= 0.3 is 0 Å². The van der Waals surface area contributed by atoms with Crippen LogP contribution in [0.3, 0.4) is 0 Å². The third-order valence-corrected chi connectivity index (χ3v) is 4.57. The van der Waals surface area contributed by atoms with Crippen molar-refractivity contribution in [3.8, 4) is 0 Å². The van der Waals surface area contributed by atoms with Crippen LogP contribution in [0.5, 0.6) is 0 Å². The van der Waals surface area contributed by atoms with Crippen LogP contribution in [-0.4, -0.2) is 29.3 Å². The summed E-state index contributed by atoms with van der Waals surface area (Å²) in [5.74, 6) is 0.807. The van der Waals surface area contributed by atoms with Gasteiger partial charge < -0.3 is 10.6 Å². The van der Waals surface area contributed by atoms with Crippen LogP contribution < -0.4 is 10.6 Å². The summed E-state index contributed by atoms with van der Waals surface area (Å²) >= 11 is 0. The monoisotopic (exact) mass is 327 g/mol. The maximum absolute atomic E-state index is 4.46. The minimum Gasteiger partial charge on any atom is -0.356 e. The van der Waals surface area contributed by atoms with Gasteiger partial charge in [-0.3, -0.25) is 9.67 Å². The molecule has 2 aromatic rings. The molecular formula is C19H29N5. The van der Waals surface area contributed by atoms with Crippen molar-refractivity contribution >= 4 is 5.96 Å². The number of aliphatic imine (C=N–C) groups is 1. The Balaban J connectivity index is 1.96. The van der Waals surface area contributed by atoms with Crippen LogP contribution >= 0.6 is 0 Å². The van der Waals surface area contributed by atoms with E-state index in [1.807, 2.05) is 24.7 Å². The Morgan fingerprint density at radius 1 is 1.17 bits per heavy atom. The molecule has 0 fully saturated rings. The lowest BCUT2D eigenvalue weighted by Crippen LogP contribution is -2.43. The average Bonchev–Trinajstić information content (AvgIpc) is 2.81. The average molecular weight is 327 g/mol. The number of aromatic nitrogens is 2. The Labute approximate surface area is 145 Å². The molecule has 2 N–H and O–H groups in total. The van der Waals surface area contributed by atoms with Crippen LogP contribution in [-0.2, 0) is 19.0 Å². The molecule has 0 spiro atoms. The smallest absolute Gasteiger partial charge is 0.191 e. The molecule has 2 rings (SSSR count). The SMILES string of the molecule is CN=C(NCc1c(C)nn(C)c1C)NCC(C)(C)c1ccccc1. The van der Waals surface area contributed by atoms with Gasteiger partial charge in [0.2, 0.25) is 0 Å². The van der Waals surface area contributed by atoms with E-state index < -0.39 is 0 Å². The van der Waals surface area contributed by atoms with Crippen LogP contribution in [0, 0.1) is 13.8 Å². The van der Waals surface area contributed by atoms with E-state index in [-0.39, 0.29) is 5.41 Å². The lowest BCUT2D eigenvalue weighted by Gasteiger charge is -2.26. The lowest BCUT2D eigenvalue weighted by atomic mass is 9.85. The Hall–Kier alpha value is -2.30. The first-order valence-electron chi connectivity index (χ1n) is 8.34. The summed E-state index contributed by atoms with van der Waals surface area (Å²) in [4.78, 5) is 4.33. The quantitative estimate of drug-likeness (QED) is 0.656. The van der Waals surface area contributed by atoms with E-state index in [0.29, 0.717) is 0 Å². The predicted octanol–water partition coefficient (Wildman–Crippen LogP) is 2.68. The highest BCUT2D eigenvalue weighted by atomic mass is 15.3. The van der Waals surface area contributed by atoms with Gasteiger partial charge in [-0.1, -0.05) is 44.2 Å². The molecule has 0 aliphatic heterocycles. The van der Waals surface area contributed by atoms with E-state index in [4.69, 9.17) is 0 Å². The molecule has 0 atom stereocenters. The molecule has 0 radical (unpaired) electrons. The standard InChI is InChI=1S/C19H29N5/c1-14-17(15(2)24(6)23-14)12-21-18(20-5)22-13-19(3,4)16-10-8-7-9-11-16/h7-11H,12-13H2,1-6H3,(H2,20,21,22). The second kappa shape index (κ2) is 7.51. The molecule has 5 heteroatoms. The number of hydrogen-bond donors (Lipinski definition) is 2. The van der Waals surface area contributed by atoms with Gasteiger partial charge in [-0.05, 0) is 19.4 Å². The van der Waals surface area contributed by atoms with Gasteiger partial charge in [-0.2, -0.15) is 5.10 Å². The van der Waals surface area contributed by atoms with Crippen molar-refractivity contribution in [3.05, 3.63) is 52.8 Å².